The molecule has 3 rings (SSSR count). The Hall–Kier alpha value is -2.09. The maximum Gasteiger partial charge on any atom is 0.163 e. The fraction of sp³-hybridized carbons (Fsp3) is 0.278. The number of hydrogen-bond acceptors (Lipinski definition) is 2. The first-order valence-corrected chi connectivity index (χ1v) is 7.09. The number of aryl methyl sites for hydroxylation is 1. The molecule has 0 saturated carbocycles. The van der Waals surface area contributed by atoms with Crippen LogP contribution in [0.15, 0.2) is 42.5 Å². The summed E-state index contributed by atoms with van der Waals surface area (Å²) in [6.07, 6.45) is 2.70. The van der Waals surface area contributed by atoms with Crippen LogP contribution < -0.4 is 4.90 Å². The molecule has 0 spiro atoms. The summed E-state index contributed by atoms with van der Waals surface area (Å²) in [5.41, 5.74) is 5.59. The van der Waals surface area contributed by atoms with Crippen molar-refractivity contribution < 1.29 is 4.79 Å². The van der Waals surface area contributed by atoms with Gasteiger partial charge < -0.3 is 4.90 Å². The molecular weight excluding hydrogens is 246 g/mol. The molecule has 0 saturated heterocycles. The van der Waals surface area contributed by atoms with Gasteiger partial charge in [0.1, 0.15) is 0 Å². The van der Waals surface area contributed by atoms with Crippen molar-refractivity contribution in [3.63, 3.8) is 0 Å². The number of hydrogen-bond donors (Lipinski definition) is 0. The Balaban J connectivity index is 2.04. The molecule has 0 unspecified atom stereocenters. The van der Waals surface area contributed by atoms with Crippen molar-refractivity contribution >= 4 is 11.5 Å². The molecular formula is C18H19NO. The van der Waals surface area contributed by atoms with Gasteiger partial charge in [-0.15, -0.1) is 0 Å². The van der Waals surface area contributed by atoms with E-state index in [0.29, 0.717) is 6.42 Å². The quantitative estimate of drug-likeness (QED) is 0.819. The van der Waals surface area contributed by atoms with Gasteiger partial charge in [0.05, 0.1) is 0 Å². The number of nitrogens with zero attached hydrogens (tertiary/aromatic N) is 1. The SMILES string of the molecule is CN(C)c1cccc(-c2ccc3c(c2)C(=O)CCC3)c1. The maximum absolute atomic E-state index is 12.0. The number of fused-ring (bicyclic) bond motifs is 1. The average Bonchev–Trinajstić information content (AvgIpc) is 2.47. The first-order valence-electron chi connectivity index (χ1n) is 7.09. The van der Waals surface area contributed by atoms with Crippen molar-refractivity contribution in [2.45, 2.75) is 19.3 Å². The van der Waals surface area contributed by atoms with E-state index < -0.39 is 0 Å². The van der Waals surface area contributed by atoms with Gasteiger partial charge >= 0.3 is 0 Å². The molecule has 1 aliphatic rings. The number of carbonyl (C=O) groups excluding carboxylic acids is 1. The monoisotopic (exact) mass is 265 g/mol. The summed E-state index contributed by atoms with van der Waals surface area (Å²) < 4.78 is 0. The van der Waals surface area contributed by atoms with Gasteiger partial charge in [0.15, 0.2) is 5.78 Å². The smallest absolute Gasteiger partial charge is 0.163 e. The summed E-state index contributed by atoms with van der Waals surface area (Å²) >= 11 is 0. The zero-order chi connectivity index (χ0) is 14.1. The van der Waals surface area contributed by atoms with Crippen LogP contribution in [0.25, 0.3) is 11.1 Å². The van der Waals surface area contributed by atoms with Gasteiger partial charge in [-0.3, -0.25) is 4.79 Å². The molecule has 0 heterocycles. The molecule has 20 heavy (non-hydrogen) atoms. The topological polar surface area (TPSA) is 20.3 Å². The zero-order valence-corrected chi connectivity index (χ0v) is 12.0. The Morgan fingerprint density at radius 3 is 2.55 bits per heavy atom. The van der Waals surface area contributed by atoms with Crippen LogP contribution in [0.5, 0.6) is 0 Å². The lowest BCUT2D eigenvalue weighted by atomic mass is 9.88. The lowest BCUT2D eigenvalue weighted by molar-refractivity contribution is 0.0972. The highest BCUT2D eigenvalue weighted by Crippen LogP contribution is 2.29. The van der Waals surface area contributed by atoms with Crippen LogP contribution in [-0.2, 0) is 6.42 Å². The molecule has 2 nitrogen and oxygen atoms in total. The summed E-state index contributed by atoms with van der Waals surface area (Å²) in [7, 11) is 4.07. The number of rotatable bonds is 2. The van der Waals surface area contributed by atoms with Gasteiger partial charge in [-0.2, -0.15) is 0 Å². The predicted molar refractivity (Wildman–Crippen MR) is 83.5 cm³/mol. The van der Waals surface area contributed by atoms with E-state index in [0.717, 1.165) is 29.5 Å². The first-order chi connectivity index (χ1) is 9.65. The van der Waals surface area contributed by atoms with Crippen LogP contribution in [0.1, 0.15) is 28.8 Å². The third-order valence-corrected chi connectivity index (χ3v) is 3.96. The summed E-state index contributed by atoms with van der Waals surface area (Å²) in [4.78, 5) is 14.1. The van der Waals surface area contributed by atoms with Crippen molar-refractivity contribution in [1.29, 1.82) is 0 Å². The second kappa shape index (κ2) is 5.12. The number of benzene rings is 2. The summed E-state index contributed by atoms with van der Waals surface area (Å²) in [6.45, 7) is 0. The van der Waals surface area contributed by atoms with Crippen molar-refractivity contribution in [3.8, 4) is 11.1 Å². The second-order valence-electron chi connectivity index (χ2n) is 5.59. The Kier molecular flexibility index (Phi) is 3.31. The van der Waals surface area contributed by atoms with E-state index in [1.54, 1.807) is 0 Å². The molecule has 0 aliphatic heterocycles. The van der Waals surface area contributed by atoms with Gasteiger partial charge in [0.2, 0.25) is 0 Å². The van der Waals surface area contributed by atoms with Crippen molar-refractivity contribution in [2.24, 2.45) is 0 Å². The van der Waals surface area contributed by atoms with E-state index in [1.807, 2.05) is 14.1 Å². The standard InChI is InChI=1S/C18H19NO/c1-19(2)16-7-3-6-14(11-16)15-10-9-13-5-4-8-18(20)17(13)12-15/h3,6-7,9-12H,4-5,8H2,1-2H3. The van der Waals surface area contributed by atoms with Crippen LogP contribution in [0.4, 0.5) is 5.69 Å². The lowest BCUT2D eigenvalue weighted by Gasteiger charge is -2.17. The van der Waals surface area contributed by atoms with Crippen molar-refractivity contribution in [3.05, 3.63) is 53.6 Å². The maximum atomic E-state index is 12.0. The largest absolute Gasteiger partial charge is 0.378 e. The molecule has 0 amide bonds. The molecule has 2 aromatic carbocycles. The minimum absolute atomic E-state index is 0.289. The molecule has 0 fully saturated rings. The van der Waals surface area contributed by atoms with Crippen molar-refractivity contribution in [1.82, 2.24) is 0 Å². The zero-order valence-electron chi connectivity index (χ0n) is 12.0. The molecule has 0 bridgehead atoms. The fourth-order valence-electron chi connectivity index (χ4n) is 2.77. The fourth-order valence-corrected chi connectivity index (χ4v) is 2.77. The normalized spacial score (nSPS) is 14.0. The van der Waals surface area contributed by atoms with Crippen LogP contribution in [0.2, 0.25) is 0 Å². The highest BCUT2D eigenvalue weighted by Gasteiger charge is 2.17. The number of Topliss-reactive ketones (excluding diaryl/α,β-unsaturated/α-hetero) is 1. The highest BCUT2D eigenvalue weighted by molar-refractivity contribution is 5.99. The molecule has 0 atom stereocenters. The number of anilines is 1. The third-order valence-electron chi connectivity index (χ3n) is 3.96. The van der Waals surface area contributed by atoms with Gasteiger partial charge in [-0.05, 0) is 47.7 Å². The molecule has 2 aromatic rings. The van der Waals surface area contributed by atoms with E-state index >= 15 is 0 Å². The van der Waals surface area contributed by atoms with E-state index in [4.69, 9.17) is 0 Å². The summed E-state index contributed by atoms with van der Waals surface area (Å²) in [6, 6.07) is 14.7. The third kappa shape index (κ3) is 2.34. The van der Waals surface area contributed by atoms with E-state index in [9.17, 15) is 4.79 Å². The van der Waals surface area contributed by atoms with Gasteiger partial charge in [0, 0.05) is 31.8 Å². The lowest BCUT2D eigenvalue weighted by Crippen LogP contribution is -2.10. The molecule has 0 radical (unpaired) electrons. The number of carbonyl (C=O) groups is 1. The summed E-state index contributed by atoms with van der Waals surface area (Å²) in [5, 5.41) is 0. The predicted octanol–water partition coefficient (Wildman–Crippen LogP) is 3.94. The minimum atomic E-state index is 0.289. The molecule has 102 valence electrons. The first kappa shape index (κ1) is 12.9. The minimum Gasteiger partial charge on any atom is -0.378 e. The molecule has 2 heteroatoms. The number of ketones is 1. The summed E-state index contributed by atoms with van der Waals surface area (Å²) in [5.74, 6) is 0.289. The molecule has 0 aromatic heterocycles. The van der Waals surface area contributed by atoms with Crippen LogP contribution >= 0.6 is 0 Å². The van der Waals surface area contributed by atoms with E-state index in [1.165, 1.54) is 11.3 Å². The molecule has 0 N–H and O–H groups in total. The second-order valence-corrected chi connectivity index (χ2v) is 5.59. The Labute approximate surface area is 120 Å². The van der Waals surface area contributed by atoms with E-state index in [-0.39, 0.29) is 5.78 Å². The Morgan fingerprint density at radius 1 is 0.950 bits per heavy atom. The van der Waals surface area contributed by atoms with Crippen LogP contribution in [-0.4, -0.2) is 19.9 Å². The Bertz CT molecular complexity index is 658. The van der Waals surface area contributed by atoms with Crippen LogP contribution in [0, 0.1) is 0 Å². The van der Waals surface area contributed by atoms with E-state index in [2.05, 4.69) is 47.4 Å². The highest BCUT2D eigenvalue weighted by atomic mass is 16.1. The van der Waals surface area contributed by atoms with Crippen molar-refractivity contribution in [2.75, 3.05) is 19.0 Å². The van der Waals surface area contributed by atoms with Gasteiger partial charge in [-0.25, -0.2) is 0 Å². The van der Waals surface area contributed by atoms with Gasteiger partial charge in [-0.1, -0.05) is 24.3 Å². The van der Waals surface area contributed by atoms with Gasteiger partial charge in [0.25, 0.3) is 0 Å². The average molecular weight is 265 g/mol. The molecule has 1 aliphatic carbocycles. The Morgan fingerprint density at radius 2 is 1.75 bits per heavy atom. The van der Waals surface area contributed by atoms with Crippen LogP contribution in [0.3, 0.4) is 0 Å².